The highest BCUT2D eigenvalue weighted by atomic mass is 32.2. The molecule has 3 atom stereocenters. The van der Waals surface area contributed by atoms with Gasteiger partial charge in [-0.15, -0.1) is 11.8 Å². The molecule has 46 heavy (non-hydrogen) atoms. The number of thioether (sulfide) groups is 1. The van der Waals surface area contributed by atoms with E-state index in [2.05, 4.69) is 16.0 Å². The van der Waals surface area contributed by atoms with Crippen molar-refractivity contribution in [3.8, 4) is 0 Å². The van der Waals surface area contributed by atoms with E-state index < -0.39 is 34.0 Å². The van der Waals surface area contributed by atoms with Gasteiger partial charge in [0.25, 0.3) is 5.91 Å². The van der Waals surface area contributed by atoms with Crippen molar-refractivity contribution >= 4 is 50.0 Å². The Labute approximate surface area is 276 Å². The second-order valence-corrected chi connectivity index (χ2v) is 15.2. The van der Waals surface area contributed by atoms with E-state index in [1.54, 1.807) is 17.1 Å². The predicted octanol–water partition coefficient (Wildman–Crippen LogP) is 2.68. The normalized spacial score (nSPS) is 19.3. The molecule has 2 aliphatic rings. The number of rotatable bonds is 11. The number of β-amino-alcohol motifs (C(OH)–C–C–N with tert-alkyl or cyclic N) is 1. The lowest BCUT2D eigenvalue weighted by molar-refractivity contribution is -0.128. The second kappa shape index (κ2) is 15.1. The van der Waals surface area contributed by atoms with Gasteiger partial charge in [0.15, 0.2) is 0 Å². The molecule has 0 fully saturated rings. The first-order valence-corrected chi connectivity index (χ1v) is 17.3. The van der Waals surface area contributed by atoms with Gasteiger partial charge in [-0.2, -0.15) is 8.42 Å². The summed E-state index contributed by atoms with van der Waals surface area (Å²) in [6.07, 6.45) is 4.41. The number of benzene rings is 2. The minimum atomic E-state index is -2.39. The fraction of sp³-hybridized carbons (Fsp3) is 0.441. The van der Waals surface area contributed by atoms with Crippen molar-refractivity contribution in [2.75, 3.05) is 23.8 Å². The summed E-state index contributed by atoms with van der Waals surface area (Å²) in [6.45, 7) is 9.65. The molecule has 10 nitrogen and oxygen atoms in total. The topological polar surface area (TPSA) is 148 Å². The van der Waals surface area contributed by atoms with E-state index in [9.17, 15) is 23.1 Å². The second-order valence-electron chi connectivity index (χ2n) is 13.2. The number of hydrogen-bond acceptors (Lipinski definition) is 9. The Kier molecular flexibility index (Phi) is 11.7. The van der Waals surface area contributed by atoms with E-state index in [0.29, 0.717) is 5.75 Å². The smallest absolute Gasteiger partial charge is 0.250 e. The molecule has 2 amide bonds. The summed E-state index contributed by atoms with van der Waals surface area (Å²) in [5.41, 5.74) is 2.34. The third-order valence-electron chi connectivity index (χ3n) is 7.62. The fourth-order valence-electron chi connectivity index (χ4n) is 5.36. The van der Waals surface area contributed by atoms with Crippen molar-refractivity contribution in [1.82, 2.24) is 16.0 Å². The molecular formula is C34H44N4O6S2. The van der Waals surface area contributed by atoms with Crippen LogP contribution < -0.4 is 20.9 Å². The zero-order chi connectivity index (χ0) is 33.6. The molecule has 0 saturated carbocycles. The number of anilines is 1. The molecule has 0 aromatic heterocycles. The standard InChI is InChI=1S/C34H44N4O6S2/c1-33(2,3)37-31-25(9-8-12-29(31)46(43)44)23-15-13-22(14-16-23)19-38-27-10-6-7-11-28(27)45-21-26(32(38)42)36-30(41)17-34(4,5)35-18-24(40)20-39/h6-16,24,26,31,35,37,39-40H,17-21H2,1-5H3,(H,36,41)/t24-,26+,31?/m0/s1. The van der Waals surface area contributed by atoms with Crippen LogP contribution in [0.15, 0.2) is 71.7 Å². The molecule has 12 heteroatoms. The maximum absolute atomic E-state index is 14.0. The molecule has 0 bridgehead atoms. The van der Waals surface area contributed by atoms with Crippen LogP contribution in [-0.2, 0) is 26.4 Å². The number of para-hydroxylation sites is 1. The van der Waals surface area contributed by atoms with Crippen molar-refractivity contribution in [1.29, 1.82) is 0 Å². The quantitative estimate of drug-likeness (QED) is 0.228. The highest BCUT2D eigenvalue weighted by molar-refractivity contribution is 7.99. The number of carbonyl (C=O) groups excluding carboxylic acids is 2. The molecule has 5 N–H and O–H groups in total. The summed E-state index contributed by atoms with van der Waals surface area (Å²) >= 11 is 1.51. The van der Waals surface area contributed by atoms with Gasteiger partial charge in [-0.25, -0.2) is 0 Å². The number of aliphatic hydroxyl groups is 2. The lowest BCUT2D eigenvalue weighted by Gasteiger charge is -2.31. The largest absolute Gasteiger partial charge is 0.394 e. The van der Waals surface area contributed by atoms with Gasteiger partial charge in [-0.05, 0) is 69.5 Å². The first kappa shape index (κ1) is 35.6. The van der Waals surface area contributed by atoms with E-state index in [0.717, 1.165) is 27.3 Å². The van der Waals surface area contributed by atoms with Gasteiger partial charge in [0.05, 0.1) is 35.8 Å². The van der Waals surface area contributed by atoms with E-state index >= 15 is 0 Å². The molecule has 248 valence electrons. The number of amides is 2. The molecule has 1 aliphatic heterocycles. The highest BCUT2D eigenvalue weighted by Gasteiger charge is 2.33. The number of hydrogen-bond donors (Lipinski definition) is 5. The van der Waals surface area contributed by atoms with Crippen LogP contribution in [-0.4, -0.2) is 83.5 Å². The first-order chi connectivity index (χ1) is 21.7. The van der Waals surface area contributed by atoms with Gasteiger partial charge in [0, 0.05) is 34.7 Å². The minimum Gasteiger partial charge on any atom is -0.394 e. The number of nitrogens with zero attached hydrogens (tertiary/aromatic N) is 1. The molecule has 0 spiro atoms. The molecule has 1 unspecified atom stereocenters. The SMILES string of the molecule is CC(C)(C)NC1C(c2ccc(CN3C(=O)[C@H](NC(=O)CC(C)(C)NC[C@H](O)CO)CSc4ccccc43)cc2)=CC=CC1=S(=O)=O. The summed E-state index contributed by atoms with van der Waals surface area (Å²) in [5.74, 6) is -0.144. The number of nitrogens with one attached hydrogen (secondary N) is 3. The lowest BCUT2D eigenvalue weighted by Crippen LogP contribution is -2.52. The minimum absolute atomic E-state index is 0.0726. The number of aliphatic hydroxyl groups excluding tert-OH is 2. The van der Waals surface area contributed by atoms with Crippen molar-refractivity contribution in [2.24, 2.45) is 0 Å². The van der Waals surface area contributed by atoms with Gasteiger partial charge >= 0.3 is 0 Å². The molecular weight excluding hydrogens is 625 g/mol. The molecule has 0 radical (unpaired) electrons. The van der Waals surface area contributed by atoms with Crippen molar-refractivity contribution in [3.05, 3.63) is 77.9 Å². The Hall–Kier alpha value is -3.26. The Morgan fingerprint density at radius 2 is 1.78 bits per heavy atom. The molecule has 0 saturated heterocycles. The van der Waals surface area contributed by atoms with Crippen molar-refractivity contribution in [2.45, 2.75) is 81.7 Å². The molecule has 2 aromatic rings. The summed E-state index contributed by atoms with van der Waals surface area (Å²) in [5, 5.41) is 28.2. The van der Waals surface area contributed by atoms with Crippen LogP contribution in [0.25, 0.3) is 5.57 Å². The number of allylic oxidation sites excluding steroid dienone is 2. The third kappa shape index (κ3) is 9.40. The van der Waals surface area contributed by atoms with Crippen LogP contribution in [0.2, 0.25) is 0 Å². The lowest BCUT2D eigenvalue weighted by atomic mass is 9.90. The summed E-state index contributed by atoms with van der Waals surface area (Å²) in [6, 6.07) is 14.2. The average molecular weight is 669 g/mol. The predicted molar refractivity (Wildman–Crippen MR) is 184 cm³/mol. The van der Waals surface area contributed by atoms with Crippen LogP contribution >= 0.6 is 11.8 Å². The van der Waals surface area contributed by atoms with Crippen LogP contribution in [0.4, 0.5) is 5.69 Å². The first-order valence-electron chi connectivity index (χ1n) is 15.3. The van der Waals surface area contributed by atoms with Crippen LogP contribution in [0.3, 0.4) is 0 Å². The van der Waals surface area contributed by atoms with E-state index in [4.69, 9.17) is 5.11 Å². The third-order valence-corrected chi connectivity index (χ3v) is 9.53. The van der Waals surface area contributed by atoms with Gasteiger partial charge < -0.3 is 31.1 Å². The van der Waals surface area contributed by atoms with E-state index in [1.165, 1.54) is 11.8 Å². The molecule has 1 heterocycles. The Balaban J connectivity index is 1.54. The Morgan fingerprint density at radius 3 is 2.43 bits per heavy atom. The molecule has 4 rings (SSSR count). The van der Waals surface area contributed by atoms with Crippen molar-refractivity contribution in [3.63, 3.8) is 0 Å². The van der Waals surface area contributed by atoms with E-state index in [1.807, 2.05) is 89.2 Å². The van der Waals surface area contributed by atoms with Crippen LogP contribution in [0.5, 0.6) is 0 Å². The van der Waals surface area contributed by atoms with Gasteiger partial charge in [0.1, 0.15) is 6.04 Å². The number of carbonyl (C=O) groups is 2. The van der Waals surface area contributed by atoms with Gasteiger partial charge in [0.2, 0.25) is 16.2 Å². The maximum atomic E-state index is 14.0. The fourth-order valence-corrected chi connectivity index (χ4v) is 7.00. The molecule has 1 aliphatic carbocycles. The van der Waals surface area contributed by atoms with Crippen LogP contribution in [0, 0.1) is 0 Å². The van der Waals surface area contributed by atoms with Crippen LogP contribution in [0.1, 0.15) is 52.2 Å². The average Bonchev–Trinajstić information content (AvgIpc) is 3.11. The maximum Gasteiger partial charge on any atom is 0.250 e. The summed E-state index contributed by atoms with van der Waals surface area (Å²) < 4.78 is 24.1. The van der Waals surface area contributed by atoms with Gasteiger partial charge in [-0.1, -0.05) is 48.6 Å². The Morgan fingerprint density at radius 1 is 1.09 bits per heavy atom. The summed E-state index contributed by atoms with van der Waals surface area (Å²) in [7, 11) is -2.39. The van der Waals surface area contributed by atoms with Gasteiger partial charge in [-0.3, -0.25) is 9.59 Å². The zero-order valence-corrected chi connectivity index (χ0v) is 28.5. The monoisotopic (exact) mass is 668 g/mol. The zero-order valence-electron chi connectivity index (χ0n) is 26.9. The Bertz CT molecular complexity index is 1620. The molecule has 2 aromatic carbocycles. The van der Waals surface area contributed by atoms with Crippen molar-refractivity contribution < 1.29 is 28.2 Å². The highest BCUT2D eigenvalue weighted by Crippen LogP contribution is 2.35. The summed E-state index contributed by atoms with van der Waals surface area (Å²) in [4.78, 5) is 30.0. The number of fused-ring (bicyclic) bond motifs is 1. The van der Waals surface area contributed by atoms with E-state index in [-0.39, 0.29) is 48.3 Å².